The number of esters is 1. The summed E-state index contributed by atoms with van der Waals surface area (Å²) in [4.78, 5) is 25.4. The third-order valence-corrected chi connectivity index (χ3v) is 5.79. The summed E-state index contributed by atoms with van der Waals surface area (Å²) in [5, 5.41) is 1.24. The molecule has 7 heteroatoms. The van der Waals surface area contributed by atoms with Crippen molar-refractivity contribution in [3.05, 3.63) is 98.4 Å². The predicted octanol–water partition coefficient (Wildman–Crippen LogP) is 6.99. The zero-order chi connectivity index (χ0) is 22.4. The molecule has 1 aliphatic rings. The number of ketones is 1. The number of furan rings is 1. The van der Waals surface area contributed by atoms with E-state index >= 15 is 0 Å². The Labute approximate surface area is 196 Å². The number of fused-ring (bicyclic) bond motifs is 2. The van der Waals surface area contributed by atoms with Crippen molar-refractivity contribution in [1.82, 2.24) is 0 Å². The molecule has 0 fully saturated rings. The van der Waals surface area contributed by atoms with Crippen molar-refractivity contribution < 1.29 is 23.5 Å². The highest BCUT2D eigenvalue weighted by Gasteiger charge is 2.31. The smallest absolute Gasteiger partial charge is 0.379 e. The molecule has 0 saturated carbocycles. The molecule has 1 aliphatic heterocycles. The first-order valence-electron chi connectivity index (χ1n) is 9.64. The minimum absolute atomic E-state index is 0.0504. The van der Waals surface area contributed by atoms with Gasteiger partial charge >= 0.3 is 5.97 Å². The molecule has 5 rings (SSSR count). The molecule has 3 aromatic carbocycles. The highest BCUT2D eigenvalue weighted by Crippen LogP contribution is 2.39. The fourth-order valence-corrected chi connectivity index (χ4v) is 4.09. The van der Waals surface area contributed by atoms with E-state index in [-0.39, 0.29) is 23.1 Å². The van der Waals surface area contributed by atoms with Gasteiger partial charge in [-0.3, -0.25) is 4.79 Å². The van der Waals surface area contributed by atoms with Gasteiger partial charge < -0.3 is 13.9 Å². The van der Waals surface area contributed by atoms with E-state index in [1.54, 1.807) is 49.4 Å². The SMILES string of the molecule is Cc1c(OC(=O)c2cc3cc(Cl)ccc3o2)ccc2c1O/C(=C\c1cccc(Br)c1)C2=O. The van der Waals surface area contributed by atoms with Crippen LogP contribution in [0.2, 0.25) is 5.02 Å². The van der Waals surface area contributed by atoms with Crippen molar-refractivity contribution >= 4 is 56.3 Å². The molecule has 4 aromatic rings. The number of benzene rings is 3. The second kappa shape index (κ2) is 7.97. The van der Waals surface area contributed by atoms with Gasteiger partial charge in [0.25, 0.3) is 0 Å². The molecule has 0 bridgehead atoms. The monoisotopic (exact) mass is 508 g/mol. The van der Waals surface area contributed by atoms with E-state index in [4.69, 9.17) is 25.5 Å². The molecule has 0 radical (unpaired) electrons. The van der Waals surface area contributed by atoms with E-state index in [1.165, 1.54) is 0 Å². The van der Waals surface area contributed by atoms with Crippen LogP contribution in [0.25, 0.3) is 17.0 Å². The molecule has 0 amide bonds. The maximum absolute atomic E-state index is 12.8. The summed E-state index contributed by atoms with van der Waals surface area (Å²) in [7, 11) is 0. The molecule has 1 aromatic heterocycles. The Hall–Kier alpha value is -3.35. The normalized spacial score (nSPS) is 14.0. The fraction of sp³-hybridized carbons (Fsp3) is 0.0400. The molecule has 0 unspecified atom stereocenters. The fourth-order valence-electron chi connectivity index (χ4n) is 3.49. The quantitative estimate of drug-likeness (QED) is 0.169. The maximum Gasteiger partial charge on any atom is 0.379 e. The first-order valence-corrected chi connectivity index (χ1v) is 10.8. The number of ether oxygens (including phenoxy) is 2. The van der Waals surface area contributed by atoms with Crippen LogP contribution in [0.3, 0.4) is 0 Å². The van der Waals surface area contributed by atoms with Crippen molar-refractivity contribution in [2.45, 2.75) is 6.92 Å². The standard InChI is InChI=1S/C25H14BrClO5/c1-13-19(32-25(29)22-12-15-11-17(27)5-7-20(15)30-22)8-6-18-23(28)21(31-24(13)18)10-14-3-2-4-16(26)9-14/h2-12H,1H3/b21-10-. The van der Waals surface area contributed by atoms with Gasteiger partial charge in [-0.25, -0.2) is 4.79 Å². The number of carbonyl (C=O) groups is 2. The van der Waals surface area contributed by atoms with Crippen LogP contribution in [0.1, 0.15) is 32.0 Å². The van der Waals surface area contributed by atoms with E-state index in [2.05, 4.69) is 15.9 Å². The molecule has 0 N–H and O–H groups in total. The summed E-state index contributed by atoms with van der Waals surface area (Å²) in [6, 6.07) is 17.3. The molecule has 158 valence electrons. The molecular weight excluding hydrogens is 496 g/mol. The summed E-state index contributed by atoms with van der Waals surface area (Å²) < 4.78 is 17.9. The number of halogens is 2. The van der Waals surface area contributed by atoms with E-state index in [0.29, 0.717) is 32.9 Å². The van der Waals surface area contributed by atoms with E-state index < -0.39 is 5.97 Å². The van der Waals surface area contributed by atoms with Gasteiger partial charge in [0.2, 0.25) is 11.5 Å². The van der Waals surface area contributed by atoms with Gasteiger partial charge in [0.05, 0.1) is 5.56 Å². The van der Waals surface area contributed by atoms with E-state index in [9.17, 15) is 9.59 Å². The van der Waals surface area contributed by atoms with E-state index in [1.807, 2.05) is 24.3 Å². The van der Waals surface area contributed by atoms with Gasteiger partial charge in [-0.05, 0) is 67.1 Å². The molecule has 5 nitrogen and oxygen atoms in total. The second-order valence-electron chi connectivity index (χ2n) is 7.24. The average molecular weight is 510 g/mol. The molecule has 0 atom stereocenters. The molecule has 32 heavy (non-hydrogen) atoms. The number of hydrogen-bond acceptors (Lipinski definition) is 5. The predicted molar refractivity (Wildman–Crippen MR) is 124 cm³/mol. The second-order valence-corrected chi connectivity index (χ2v) is 8.59. The van der Waals surface area contributed by atoms with Gasteiger partial charge in [-0.15, -0.1) is 0 Å². The van der Waals surface area contributed by atoms with Crippen molar-refractivity contribution in [2.75, 3.05) is 0 Å². The van der Waals surface area contributed by atoms with Crippen molar-refractivity contribution in [3.8, 4) is 11.5 Å². The van der Waals surface area contributed by atoms with Crippen LogP contribution in [0, 0.1) is 6.92 Å². The molecule has 0 spiro atoms. The number of rotatable bonds is 3. The zero-order valence-corrected chi connectivity index (χ0v) is 19.0. The number of Topliss-reactive ketones (excluding diaryl/α,β-unsaturated/α-hetero) is 1. The Bertz CT molecular complexity index is 1450. The Morgan fingerprint density at radius 2 is 1.94 bits per heavy atom. The van der Waals surface area contributed by atoms with Gasteiger partial charge in [-0.2, -0.15) is 0 Å². The van der Waals surface area contributed by atoms with Crippen LogP contribution < -0.4 is 9.47 Å². The summed E-state index contributed by atoms with van der Waals surface area (Å²) in [6.45, 7) is 1.73. The van der Waals surface area contributed by atoms with Crippen molar-refractivity contribution in [1.29, 1.82) is 0 Å². The first kappa shape index (κ1) is 20.5. The highest BCUT2D eigenvalue weighted by molar-refractivity contribution is 9.10. The lowest BCUT2D eigenvalue weighted by Gasteiger charge is -2.09. The van der Waals surface area contributed by atoms with Crippen LogP contribution >= 0.6 is 27.5 Å². The van der Waals surface area contributed by atoms with Crippen LogP contribution in [0.4, 0.5) is 0 Å². The van der Waals surface area contributed by atoms with Gasteiger partial charge in [0.1, 0.15) is 17.1 Å². The van der Waals surface area contributed by atoms with Crippen LogP contribution in [-0.4, -0.2) is 11.8 Å². The lowest BCUT2D eigenvalue weighted by atomic mass is 10.1. The number of allylic oxidation sites excluding steroid dienone is 1. The Morgan fingerprint density at radius 3 is 2.75 bits per heavy atom. The average Bonchev–Trinajstić information content (AvgIpc) is 3.32. The Balaban J connectivity index is 1.42. The topological polar surface area (TPSA) is 65.7 Å². The maximum atomic E-state index is 12.8. The zero-order valence-electron chi connectivity index (χ0n) is 16.6. The number of carbonyl (C=O) groups excluding carboxylic acids is 2. The Morgan fingerprint density at radius 1 is 1.09 bits per heavy atom. The molecule has 2 heterocycles. The van der Waals surface area contributed by atoms with Gasteiger partial charge in [0.15, 0.2) is 5.76 Å². The summed E-state index contributed by atoms with van der Waals surface area (Å²) >= 11 is 9.40. The summed E-state index contributed by atoms with van der Waals surface area (Å²) in [5.74, 6) is 0.0274. The highest BCUT2D eigenvalue weighted by atomic mass is 79.9. The lowest BCUT2D eigenvalue weighted by Crippen LogP contribution is -2.08. The lowest BCUT2D eigenvalue weighted by molar-refractivity contribution is 0.0702. The van der Waals surface area contributed by atoms with Crippen LogP contribution in [0.5, 0.6) is 11.5 Å². The van der Waals surface area contributed by atoms with Gasteiger partial charge in [0, 0.05) is 20.4 Å². The third kappa shape index (κ3) is 3.72. The largest absolute Gasteiger partial charge is 0.452 e. The van der Waals surface area contributed by atoms with Crippen LogP contribution in [-0.2, 0) is 0 Å². The van der Waals surface area contributed by atoms with Crippen LogP contribution in [0.15, 0.2) is 75.3 Å². The van der Waals surface area contributed by atoms with Crippen molar-refractivity contribution in [2.24, 2.45) is 0 Å². The molecule has 0 aliphatic carbocycles. The molecular formula is C25H14BrClO5. The van der Waals surface area contributed by atoms with Crippen molar-refractivity contribution in [3.63, 3.8) is 0 Å². The third-order valence-electron chi connectivity index (χ3n) is 5.07. The molecule has 0 saturated heterocycles. The van der Waals surface area contributed by atoms with E-state index in [0.717, 1.165) is 10.0 Å². The summed E-state index contributed by atoms with van der Waals surface area (Å²) in [6.07, 6.45) is 1.68. The minimum Gasteiger partial charge on any atom is -0.452 e. The summed E-state index contributed by atoms with van der Waals surface area (Å²) in [5.41, 5.74) is 2.32. The first-order chi connectivity index (χ1) is 15.4. The minimum atomic E-state index is -0.658. The number of hydrogen-bond donors (Lipinski definition) is 0. The Kier molecular flexibility index (Phi) is 5.12. The van der Waals surface area contributed by atoms with Gasteiger partial charge in [-0.1, -0.05) is 39.7 Å².